The Hall–Kier alpha value is -1.57. The molecule has 0 spiro atoms. The summed E-state index contributed by atoms with van der Waals surface area (Å²) in [5.41, 5.74) is 0. The molecule has 0 unspecified atom stereocenters. The fourth-order valence-corrected chi connectivity index (χ4v) is 3.95. The average molecular weight is 353 g/mol. The number of amides is 4. The second kappa shape index (κ2) is 7.55. The minimum absolute atomic E-state index is 0.0338. The maximum atomic E-state index is 12.2. The molecule has 24 heavy (non-hydrogen) atoms. The van der Waals surface area contributed by atoms with Crippen LogP contribution < -0.4 is 10.6 Å². The fourth-order valence-electron chi connectivity index (χ4n) is 3.20. The van der Waals surface area contributed by atoms with Crippen LogP contribution in [0.2, 0.25) is 0 Å². The molecule has 0 aromatic carbocycles. The lowest BCUT2D eigenvalue weighted by Crippen LogP contribution is -2.41. The van der Waals surface area contributed by atoms with Crippen LogP contribution in [-0.2, 0) is 14.4 Å². The Morgan fingerprint density at radius 3 is 2.17 bits per heavy atom. The largest absolute Gasteiger partial charge is 0.354 e. The third-order valence-electron chi connectivity index (χ3n) is 4.87. The van der Waals surface area contributed by atoms with Crippen LogP contribution in [0.15, 0.2) is 0 Å². The second-order valence-electron chi connectivity index (χ2n) is 6.72. The number of thioether (sulfide) groups is 1. The summed E-state index contributed by atoms with van der Waals surface area (Å²) in [4.78, 5) is 48.3. The second-order valence-corrected chi connectivity index (χ2v) is 7.65. The van der Waals surface area contributed by atoms with E-state index in [-0.39, 0.29) is 47.1 Å². The molecule has 3 rings (SSSR count). The fraction of sp³-hybridized carbons (Fsp3) is 0.750. The van der Waals surface area contributed by atoms with Gasteiger partial charge in [0.1, 0.15) is 0 Å². The first-order chi connectivity index (χ1) is 11.5. The molecular formula is C16H23N3O4S. The standard InChI is InChI=1S/C16H23N3O4S/c20-13-9-24-16(23)19(13)8-7-17-14(21)10-1-3-11(4-2-10)15(22)18-12-5-6-12/h10-12H,1-9H2,(H,17,21)(H,18,22). The Kier molecular flexibility index (Phi) is 5.43. The molecule has 1 saturated heterocycles. The molecule has 3 fully saturated rings. The number of imide groups is 1. The lowest BCUT2D eigenvalue weighted by atomic mass is 9.81. The lowest BCUT2D eigenvalue weighted by Gasteiger charge is -2.27. The number of hydrogen-bond acceptors (Lipinski definition) is 5. The SMILES string of the molecule is O=C(NCCN1C(=O)CSC1=O)C1CCC(C(=O)NC2CC2)CC1. The van der Waals surface area contributed by atoms with Crippen molar-refractivity contribution in [1.29, 1.82) is 0 Å². The van der Waals surface area contributed by atoms with Crippen LogP contribution in [0.25, 0.3) is 0 Å². The van der Waals surface area contributed by atoms with Gasteiger partial charge in [0.05, 0.1) is 5.75 Å². The van der Waals surface area contributed by atoms with E-state index >= 15 is 0 Å². The van der Waals surface area contributed by atoms with Crippen LogP contribution in [-0.4, -0.2) is 52.7 Å². The van der Waals surface area contributed by atoms with Crippen molar-refractivity contribution < 1.29 is 19.2 Å². The van der Waals surface area contributed by atoms with E-state index in [4.69, 9.17) is 0 Å². The van der Waals surface area contributed by atoms with Crippen molar-refractivity contribution in [3.63, 3.8) is 0 Å². The van der Waals surface area contributed by atoms with Gasteiger partial charge in [-0.25, -0.2) is 0 Å². The molecule has 0 aromatic rings. The summed E-state index contributed by atoms with van der Waals surface area (Å²) in [7, 11) is 0. The van der Waals surface area contributed by atoms with Crippen molar-refractivity contribution >= 4 is 34.7 Å². The Morgan fingerprint density at radius 1 is 1.00 bits per heavy atom. The molecule has 2 saturated carbocycles. The first kappa shape index (κ1) is 17.3. The highest BCUT2D eigenvalue weighted by atomic mass is 32.2. The topological polar surface area (TPSA) is 95.6 Å². The van der Waals surface area contributed by atoms with Gasteiger partial charge in [-0.15, -0.1) is 0 Å². The Labute approximate surface area is 145 Å². The van der Waals surface area contributed by atoms with Gasteiger partial charge in [-0.05, 0) is 38.5 Å². The molecule has 0 bridgehead atoms. The summed E-state index contributed by atoms with van der Waals surface area (Å²) in [6.07, 6.45) is 5.10. The van der Waals surface area contributed by atoms with Crippen molar-refractivity contribution in [3.8, 4) is 0 Å². The number of carbonyl (C=O) groups is 4. The van der Waals surface area contributed by atoms with Crippen LogP contribution >= 0.6 is 11.8 Å². The third kappa shape index (κ3) is 4.28. The Bertz CT molecular complexity index is 525. The van der Waals surface area contributed by atoms with Crippen molar-refractivity contribution in [1.82, 2.24) is 15.5 Å². The summed E-state index contributed by atoms with van der Waals surface area (Å²) in [6.45, 7) is 0.522. The summed E-state index contributed by atoms with van der Waals surface area (Å²) in [5, 5.41) is 5.60. The molecule has 1 heterocycles. The molecule has 0 radical (unpaired) electrons. The molecule has 8 heteroatoms. The van der Waals surface area contributed by atoms with Crippen LogP contribution in [0.3, 0.4) is 0 Å². The minimum Gasteiger partial charge on any atom is -0.354 e. The van der Waals surface area contributed by atoms with E-state index in [0.29, 0.717) is 25.4 Å². The molecule has 2 N–H and O–H groups in total. The van der Waals surface area contributed by atoms with E-state index in [2.05, 4.69) is 10.6 Å². The van der Waals surface area contributed by atoms with Gasteiger partial charge >= 0.3 is 0 Å². The van der Waals surface area contributed by atoms with E-state index in [1.807, 2.05) is 0 Å². The maximum Gasteiger partial charge on any atom is 0.288 e. The van der Waals surface area contributed by atoms with Gasteiger partial charge in [-0.3, -0.25) is 24.1 Å². The van der Waals surface area contributed by atoms with E-state index in [0.717, 1.165) is 37.4 Å². The highest BCUT2D eigenvalue weighted by Gasteiger charge is 2.33. The van der Waals surface area contributed by atoms with Gasteiger partial charge in [0.25, 0.3) is 5.24 Å². The van der Waals surface area contributed by atoms with Crippen LogP contribution in [0.4, 0.5) is 4.79 Å². The molecule has 2 aliphatic carbocycles. The number of rotatable bonds is 6. The van der Waals surface area contributed by atoms with Crippen molar-refractivity contribution in [3.05, 3.63) is 0 Å². The zero-order valence-corrected chi connectivity index (χ0v) is 14.4. The predicted octanol–water partition coefficient (Wildman–Crippen LogP) is 0.883. The quantitative estimate of drug-likeness (QED) is 0.739. The first-order valence-electron chi connectivity index (χ1n) is 8.60. The molecular weight excluding hydrogens is 330 g/mol. The summed E-state index contributed by atoms with van der Waals surface area (Å²) in [5.74, 6) is 0.0599. The zero-order valence-electron chi connectivity index (χ0n) is 13.6. The normalized spacial score (nSPS) is 27.2. The van der Waals surface area contributed by atoms with Crippen molar-refractivity contribution in [2.45, 2.75) is 44.6 Å². The number of nitrogens with one attached hydrogen (secondary N) is 2. The van der Waals surface area contributed by atoms with Gasteiger partial charge in [-0.1, -0.05) is 11.8 Å². The number of hydrogen-bond donors (Lipinski definition) is 2. The maximum absolute atomic E-state index is 12.2. The van der Waals surface area contributed by atoms with Crippen molar-refractivity contribution in [2.24, 2.45) is 11.8 Å². The van der Waals surface area contributed by atoms with Crippen LogP contribution in [0.1, 0.15) is 38.5 Å². The van der Waals surface area contributed by atoms with Gasteiger partial charge in [0.2, 0.25) is 17.7 Å². The summed E-state index contributed by atoms with van der Waals surface area (Å²) < 4.78 is 0. The lowest BCUT2D eigenvalue weighted by molar-refractivity contribution is -0.130. The van der Waals surface area contributed by atoms with E-state index < -0.39 is 0 Å². The number of nitrogens with zero attached hydrogens (tertiary/aromatic N) is 1. The molecule has 7 nitrogen and oxygen atoms in total. The van der Waals surface area contributed by atoms with E-state index in [1.54, 1.807) is 0 Å². The first-order valence-corrected chi connectivity index (χ1v) is 9.58. The minimum atomic E-state index is -0.239. The Balaban J connectivity index is 1.35. The molecule has 132 valence electrons. The average Bonchev–Trinajstić information content (AvgIpc) is 3.34. The summed E-state index contributed by atoms with van der Waals surface area (Å²) in [6, 6.07) is 0.382. The predicted molar refractivity (Wildman–Crippen MR) is 89.2 cm³/mol. The monoisotopic (exact) mass is 353 g/mol. The molecule has 4 amide bonds. The van der Waals surface area contributed by atoms with Gasteiger partial charge in [0, 0.05) is 31.0 Å². The third-order valence-corrected chi connectivity index (χ3v) is 5.73. The Morgan fingerprint density at radius 2 is 1.62 bits per heavy atom. The molecule has 3 aliphatic rings. The van der Waals surface area contributed by atoms with Crippen LogP contribution in [0.5, 0.6) is 0 Å². The van der Waals surface area contributed by atoms with Gasteiger partial charge in [-0.2, -0.15) is 0 Å². The zero-order chi connectivity index (χ0) is 17.1. The van der Waals surface area contributed by atoms with Crippen LogP contribution in [0, 0.1) is 11.8 Å². The summed E-state index contributed by atoms with van der Waals surface area (Å²) >= 11 is 0.999. The number of carbonyl (C=O) groups excluding carboxylic acids is 4. The van der Waals surface area contributed by atoms with E-state index in [9.17, 15) is 19.2 Å². The molecule has 0 atom stereocenters. The molecule has 0 aromatic heterocycles. The van der Waals surface area contributed by atoms with Gasteiger partial charge in [0.15, 0.2) is 0 Å². The van der Waals surface area contributed by atoms with E-state index in [1.165, 1.54) is 4.90 Å². The molecule has 1 aliphatic heterocycles. The highest BCUT2D eigenvalue weighted by molar-refractivity contribution is 8.14. The van der Waals surface area contributed by atoms with Gasteiger partial charge < -0.3 is 10.6 Å². The highest BCUT2D eigenvalue weighted by Crippen LogP contribution is 2.30. The van der Waals surface area contributed by atoms with Crippen molar-refractivity contribution in [2.75, 3.05) is 18.8 Å². The smallest absolute Gasteiger partial charge is 0.288 e.